The first-order valence-corrected chi connectivity index (χ1v) is 7.65. The number of carbonyl (C=O) groups is 1. The molecule has 0 bridgehead atoms. The summed E-state index contributed by atoms with van der Waals surface area (Å²) in [5, 5.41) is 0. The summed E-state index contributed by atoms with van der Waals surface area (Å²) in [7, 11) is 3.08. The number of nitrogens with one attached hydrogen (secondary N) is 1. The van der Waals surface area contributed by atoms with Crippen molar-refractivity contribution in [2.24, 2.45) is 0 Å². The molecule has 1 N–H and O–H groups in total. The summed E-state index contributed by atoms with van der Waals surface area (Å²) in [6.45, 7) is 0.820. The van der Waals surface area contributed by atoms with Gasteiger partial charge in [-0.1, -0.05) is 0 Å². The van der Waals surface area contributed by atoms with Crippen molar-refractivity contribution >= 4 is 5.91 Å². The highest BCUT2D eigenvalue weighted by atomic mass is 16.5. The van der Waals surface area contributed by atoms with Crippen LogP contribution in [0.25, 0.3) is 11.4 Å². The van der Waals surface area contributed by atoms with Gasteiger partial charge in [-0.05, 0) is 24.3 Å². The number of amides is 1. The molecule has 7 nitrogen and oxygen atoms in total. The van der Waals surface area contributed by atoms with Crippen molar-refractivity contribution in [3.05, 3.63) is 45.9 Å². The average molecular weight is 329 g/mol. The van der Waals surface area contributed by atoms with Gasteiger partial charge in [0.25, 0.3) is 5.56 Å². The van der Waals surface area contributed by atoms with Crippen LogP contribution in [-0.2, 0) is 22.5 Å². The summed E-state index contributed by atoms with van der Waals surface area (Å²) in [5.41, 5.74) is 1.89. The molecule has 0 saturated carbocycles. The quantitative estimate of drug-likeness (QED) is 0.904. The second kappa shape index (κ2) is 6.84. The fourth-order valence-corrected chi connectivity index (χ4v) is 2.74. The van der Waals surface area contributed by atoms with Crippen LogP contribution < -0.4 is 10.3 Å². The van der Waals surface area contributed by atoms with E-state index in [0.29, 0.717) is 24.4 Å². The Labute approximate surface area is 139 Å². The van der Waals surface area contributed by atoms with E-state index >= 15 is 0 Å². The number of aromatic nitrogens is 2. The molecule has 1 aliphatic rings. The van der Waals surface area contributed by atoms with Gasteiger partial charge >= 0.3 is 0 Å². The highest BCUT2D eigenvalue weighted by Gasteiger charge is 2.24. The average Bonchev–Trinajstić information content (AvgIpc) is 2.61. The number of aromatic amines is 1. The van der Waals surface area contributed by atoms with E-state index in [4.69, 9.17) is 9.47 Å². The van der Waals surface area contributed by atoms with Crippen molar-refractivity contribution in [3.8, 4) is 17.1 Å². The number of ether oxygens (including phenoxy) is 2. The Morgan fingerprint density at radius 1 is 1.29 bits per heavy atom. The van der Waals surface area contributed by atoms with Gasteiger partial charge in [-0.2, -0.15) is 0 Å². The SMILES string of the molecule is COCC(=O)N1CCc2nc(-c3ccc(OC)cc3)[nH]c(=O)c2C1. The molecule has 3 rings (SSSR count). The maximum atomic E-state index is 12.4. The van der Waals surface area contributed by atoms with Gasteiger partial charge in [-0.15, -0.1) is 0 Å². The van der Waals surface area contributed by atoms with Gasteiger partial charge in [-0.25, -0.2) is 4.98 Å². The van der Waals surface area contributed by atoms with E-state index in [2.05, 4.69) is 9.97 Å². The standard InChI is InChI=1S/C17H19N3O4/c1-23-10-15(21)20-8-7-14-13(9-20)17(22)19-16(18-14)11-3-5-12(24-2)6-4-11/h3-6H,7-10H2,1-2H3,(H,18,19,22). The predicted octanol–water partition coefficient (Wildman–Crippen LogP) is 0.977. The fraction of sp³-hybridized carbons (Fsp3) is 0.353. The number of benzene rings is 1. The Balaban J connectivity index is 1.89. The normalized spacial score (nSPS) is 13.5. The van der Waals surface area contributed by atoms with Crippen molar-refractivity contribution in [1.82, 2.24) is 14.9 Å². The number of H-pyrrole nitrogens is 1. The number of fused-ring (bicyclic) bond motifs is 1. The number of hydrogen-bond acceptors (Lipinski definition) is 5. The van der Waals surface area contributed by atoms with Crippen LogP contribution in [-0.4, -0.2) is 48.1 Å². The number of carbonyl (C=O) groups excluding carboxylic acids is 1. The van der Waals surface area contributed by atoms with Crippen LogP contribution in [0.5, 0.6) is 5.75 Å². The molecule has 2 aromatic rings. The Morgan fingerprint density at radius 2 is 2.04 bits per heavy atom. The van der Waals surface area contributed by atoms with Crippen LogP contribution in [0.2, 0.25) is 0 Å². The van der Waals surface area contributed by atoms with Crippen molar-refractivity contribution in [2.45, 2.75) is 13.0 Å². The van der Waals surface area contributed by atoms with E-state index < -0.39 is 0 Å². The number of hydrogen-bond donors (Lipinski definition) is 1. The third-order valence-electron chi connectivity index (χ3n) is 4.05. The lowest BCUT2D eigenvalue weighted by molar-refractivity contribution is -0.136. The first-order valence-electron chi connectivity index (χ1n) is 7.65. The third-order valence-corrected chi connectivity index (χ3v) is 4.05. The summed E-state index contributed by atoms with van der Waals surface area (Å²) in [4.78, 5) is 33.3. The second-order valence-electron chi connectivity index (χ2n) is 5.57. The molecule has 126 valence electrons. The summed E-state index contributed by atoms with van der Waals surface area (Å²) < 4.78 is 10.0. The van der Waals surface area contributed by atoms with E-state index in [-0.39, 0.29) is 24.6 Å². The van der Waals surface area contributed by atoms with Crippen molar-refractivity contribution in [1.29, 1.82) is 0 Å². The lowest BCUT2D eigenvalue weighted by Gasteiger charge is -2.27. The van der Waals surface area contributed by atoms with Gasteiger partial charge in [0.15, 0.2) is 0 Å². The van der Waals surface area contributed by atoms with Crippen LogP contribution in [0.3, 0.4) is 0 Å². The maximum Gasteiger partial charge on any atom is 0.256 e. The van der Waals surface area contributed by atoms with E-state index in [0.717, 1.165) is 17.0 Å². The Morgan fingerprint density at radius 3 is 2.71 bits per heavy atom. The minimum Gasteiger partial charge on any atom is -0.497 e. The lowest BCUT2D eigenvalue weighted by Crippen LogP contribution is -2.41. The molecule has 7 heteroatoms. The molecule has 0 spiro atoms. The summed E-state index contributed by atoms with van der Waals surface area (Å²) in [5.74, 6) is 1.14. The molecule has 1 amide bonds. The van der Waals surface area contributed by atoms with Crippen molar-refractivity contribution in [3.63, 3.8) is 0 Å². The Bertz CT molecular complexity index is 798. The minimum atomic E-state index is -0.208. The highest BCUT2D eigenvalue weighted by molar-refractivity contribution is 5.77. The van der Waals surface area contributed by atoms with E-state index in [1.54, 1.807) is 12.0 Å². The zero-order valence-corrected chi connectivity index (χ0v) is 13.7. The molecule has 1 aromatic heterocycles. The van der Waals surface area contributed by atoms with Crippen molar-refractivity contribution in [2.75, 3.05) is 27.4 Å². The molecule has 0 unspecified atom stereocenters. The van der Waals surface area contributed by atoms with Crippen LogP contribution >= 0.6 is 0 Å². The number of rotatable bonds is 4. The predicted molar refractivity (Wildman–Crippen MR) is 87.8 cm³/mol. The molecule has 24 heavy (non-hydrogen) atoms. The van der Waals surface area contributed by atoms with E-state index in [1.165, 1.54) is 7.11 Å². The summed E-state index contributed by atoms with van der Waals surface area (Å²) in [6.07, 6.45) is 0.553. The molecule has 0 radical (unpaired) electrons. The highest BCUT2D eigenvalue weighted by Crippen LogP contribution is 2.21. The third kappa shape index (κ3) is 3.16. The maximum absolute atomic E-state index is 12.4. The Hall–Kier alpha value is -2.67. The van der Waals surface area contributed by atoms with Crippen LogP contribution in [0.15, 0.2) is 29.1 Å². The fourth-order valence-electron chi connectivity index (χ4n) is 2.74. The van der Waals surface area contributed by atoms with Gasteiger partial charge in [0.05, 0.1) is 24.9 Å². The minimum absolute atomic E-state index is 0.0185. The molecule has 2 heterocycles. The molecule has 1 aromatic carbocycles. The summed E-state index contributed by atoms with van der Waals surface area (Å²) >= 11 is 0. The molecular weight excluding hydrogens is 310 g/mol. The van der Waals surface area contributed by atoms with Crippen LogP contribution in [0, 0.1) is 0 Å². The van der Waals surface area contributed by atoms with Crippen molar-refractivity contribution < 1.29 is 14.3 Å². The molecule has 0 saturated heterocycles. The lowest BCUT2D eigenvalue weighted by atomic mass is 10.1. The van der Waals surface area contributed by atoms with Gasteiger partial charge in [0.2, 0.25) is 5.91 Å². The first-order chi connectivity index (χ1) is 11.6. The number of methoxy groups -OCH3 is 2. The largest absolute Gasteiger partial charge is 0.497 e. The Kier molecular flexibility index (Phi) is 4.61. The molecule has 1 aliphatic heterocycles. The van der Waals surface area contributed by atoms with Gasteiger partial charge in [0.1, 0.15) is 18.2 Å². The zero-order valence-electron chi connectivity index (χ0n) is 13.7. The smallest absolute Gasteiger partial charge is 0.256 e. The van der Waals surface area contributed by atoms with Crippen LogP contribution in [0.1, 0.15) is 11.3 Å². The molecular formula is C17H19N3O4. The second-order valence-corrected chi connectivity index (χ2v) is 5.57. The molecule has 0 fully saturated rings. The monoisotopic (exact) mass is 329 g/mol. The van der Waals surface area contributed by atoms with Crippen LogP contribution in [0.4, 0.5) is 0 Å². The molecule has 0 atom stereocenters. The van der Waals surface area contributed by atoms with Gasteiger partial charge in [0, 0.05) is 25.6 Å². The topological polar surface area (TPSA) is 84.5 Å². The van der Waals surface area contributed by atoms with Gasteiger partial charge < -0.3 is 19.4 Å². The van der Waals surface area contributed by atoms with Gasteiger partial charge in [-0.3, -0.25) is 9.59 Å². The first kappa shape index (κ1) is 16.2. The van der Waals surface area contributed by atoms with E-state index in [1.807, 2.05) is 24.3 Å². The number of nitrogens with zero attached hydrogens (tertiary/aromatic N) is 2. The van der Waals surface area contributed by atoms with E-state index in [9.17, 15) is 9.59 Å². The summed E-state index contributed by atoms with van der Waals surface area (Å²) in [6, 6.07) is 7.33. The zero-order chi connectivity index (χ0) is 17.1. The molecule has 0 aliphatic carbocycles.